The standard InChI is InChI=1S/C13H21F3N2O3/c1-3-5-10-11(19)17-9(2)12(20)18(10)6-4-7-21-8-13(14,15)16/h9-10H,3-8H2,1-2H3,(H,17,19). The zero-order valence-corrected chi connectivity index (χ0v) is 12.2. The molecule has 2 unspecified atom stereocenters. The Morgan fingerprint density at radius 1 is 1.33 bits per heavy atom. The lowest BCUT2D eigenvalue weighted by molar-refractivity contribution is -0.174. The van der Waals surface area contributed by atoms with Gasteiger partial charge in [0, 0.05) is 13.2 Å². The number of halogens is 3. The van der Waals surface area contributed by atoms with Crippen molar-refractivity contribution >= 4 is 11.8 Å². The van der Waals surface area contributed by atoms with Gasteiger partial charge >= 0.3 is 6.18 Å². The minimum absolute atomic E-state index is 0.0991. The number of nitrogens with one attached hydrogen (secondary N) is 1. The van der Waals surface area contributed by atoms with Gasteiger partial charge in [-0.15, -0.1) is 0 Å². The van der Waals surface area contributed by atoms with E-state index in [1.54, 1.807) is 6.92 Å². The van der Waals surface area contributed by atoms with E-state index >= 15 is 0 Å². The van der Waals surface area contributed by atoms with Gasteiger partial charge in [-0.3, -0.25) is 9.59 Å². The van der Waals surface area contributed by atoms with Gasteiger partial charge in [-0.05, 0) is 19.8 Å². The second kappa shape index (κ2) is 7.63. The second-order valence-corrected chi connectivity index (χ2v) is 5.09. The molecule has 0 aromatic heterocycles. The van der Waals surface area contributed by atoms with Crippen LogP contribution < -0.4 is 5.32 Å². The second-order valence-electron chi connectivity index (χ2n) is 5.09. The first kappa shape index (κ1) is 17.7. The molecule has 1 aliphatic heterocycles. The Morgan fingerprint density at radius 2 is 2.00 bits per heavy atom. The molecule has 0 saturated carbocycles. The van der Waals surface area contributed by atoms with Crippen LogP contribution in [0.4, 0.5) is 13.2 Å². The van der Waals surface area contributed by atoms with E-state index in [9.17, 15) is 22.8 Å². The summed E-state index contributed by atoms with van der Waals surface area (Å²) in [6.45, 7) is 2.32. The van der Waals surface area contributed by atoms with Crippen LogP contribution in [0.15, 0.2) is 0 Å². The van der Waals surface area contributed by atoms with Gasteiger partial charge in [-0.2, -0.15) is 13.2 Å². The van der Waals surface area contributed by atoms with E-state index < -0.39 is 24.9 Å². The van der Waals surface area contributed by atoms with Gasteiger partial charge in [0.15, 0.2) is 0 Å². The van der Waals surface area contributed by atoms with Crippen molar-refractivity contribution in [1.29, 1.82) is 0 Å². The fourth-order valence-corrected chi connectivity index (χ4v) is 2.27. The van der Waals surface area contributed by atoms with Crippen molar-refractivity contribution in [2.75, 3.05) is 19.8 Å². The number of ether oxygens (including phenoxy) is 1. The zero-order chi connectivity index (χ0) is 16.0. The van der Waals surface area contributed by atoms with Crippen LogP contribution in [0.5, 0.6) is 0 Å². The summed E-state index contributed by atoms with van der Waals surface area (Å²) in [6.07, 6.45) is -2.81. The molecule has 2 atom stereocenters. The number of rotatable bonds is 7. The lowest BCUT2D eigenvalue weighted by Crippen LogP contribution is -2.62. The Balaban J connectivity index is 2.48. The summed E-state index contributed by atoms with van der Waals surface area (Å²) in [5.41, 5.74) is 0. The minimum atomic E-state index is -4.35. The first-order valence-electron chi connectivity index (χ1n) is 7.01. The van der Waals surface area contributed by atoms with Gasteiger partial charge in [0.05, 0.1) is 0 Å². The predicted octanol–water partition coefficient (Wildman–Crippen LogP) is 1.47. The van der Waals surface area contributed by atoms with Crippen LogP contribution in [0.3, 0.4) is 0 Å². The quantitative estimate of drug-likeness (QED) is 0.725. The van der Waals surface area contributed by atoms with Gasteiger partial charge in [0.1, 0.15) is 18.7 Å². The van der Waals surface area contributed by atoms with Crippen molar-refractivity contribution < 1.29 is 27.5 Å². The highest BCUT2D eigenvalue weighted by Crippen LogP contribution is 2.16. The largest absolute Gasteiger partial charge is 0.411 e. The molecule has 1 aliphatic rings. The Kier molecular flexibility index (Phi) is 6.44. The maximum Gasteiger partial charge on any atom is 0.411 e. The van der Waals surface area contributed by atoms with Crippen LogP contribution in [0.25, 0.3) is 0 Å². The normalized spacial score (nSPS) is 23.4. The highest BCUT2D eigenvalue weighted by molar-refractivity contribution is 5.96. The van der Waals surface area contributed by atoms with Crippen molar-refractivity contribution in [3.8, 4) is 0 Å². The third-order valence-corrected chi connectivity index (χ3v) is 3.21. The SMILES string of the molecule is CCCC1C(=O)NC(C)C(=O)N1CCCOCC(F)(F)F. The summed E-state index contributed by atoms with van der Waals surface area (Å²) in [7, 11) is 0. The number of hydrogen-bond acceptors (Lipinski definition) is 3. The molecule has 5 nitrogen and oxygen atoms in total. The lowest BCUT2D eigenvalue weighted by atomic mass is 10.0. The Bertz CT molecular complexity index is 374. The molecular formula is C13H21F3N2O3. The fourth-order valence-electron chi connectivity index (χ4n) is 2.27. The molecule has 1 heterocycles. The number of piperazine rings is 1. The van der Waals surface area contributed by atoms with E-state index in [1.807, 2.05) is 6.92 Å². The average Bonchev–Trinajstić information content (AvgIpc) is 2.37. The molecule has 0 aromatic rings. The number of amides is 2. The molecule has 21 heavy (non-hydrogen) atoms. The van der Waals surface area contributed by atoms with Crippen LogP contribution in [0.1, 0.15) is 33.1 Å². The van der Waals surface area contributed by atoms with Crippen molar-refractivity contribution in [3.05, 3.63) is 0 Å². The number of carbonyl (C=O) groups is 2. The third-order valence-electron chi connectivity index (χ3n) is 3.21. The minimum Gasteiger partial charge on any atom is -0.372 e. The highest BCUT2D eigenvalue weighted by atomic mass is 19.4. The van der Waals surface area contributed by atoms with Gasteiger partial charge in [-0.1, -0.05) is 13.3 Å². The maximum absolute atomic E-state index is 12.1. The Labute approximate surface area is 121 Å². The summed E-state index contributed by atoms with van der Waals surface area (Å²) in [4.78, 5) is 25.4. The van der Waals surface area contributed by atoms with Gasteiger partial charge < -0.3 is 15.0 Å². The van der Waals surface area contributed by atoms with Crippen LogP contribution in [-0.4, -0.2) is 54.7 Å². The summed E-state index contributed by atoms with van der Waals surface area (Å²) in [5.74, 6) is -0.413. The molecule has 1 saturated heterocycles. The number of carbonyl (C=O) groups excluding carboxylic acids is 2. The van der Waals surface area contributed by atoms with Crippen molar-refractivity contribution in [3.63, 3.8) is 0 Å². The summed E-state index contributed by atoms with van der Waals surface area (Å²) in [5, 5.41) is 2.61. The van der Waals surface area contributed by atoms with E-state index in [0.29, 0.717) is 6.42 Å². The summed E-state index contributed by atoms with van der Waals surface area (Å²) >= 11 is 0. The van der Waals surface area contributed by atoms with E-state index in [1.165, 1.54) is 4.90 Å². The van der Waals surface area contributed by atoms with Crippen LogP contribution in [-0.2, 0) is 14.3 Å². The zero-order valence-electron chi connectivity index (χ0n) is 12.2. The number of alkyl halides is 3. The monoisotopic (exact) mass is 310 g/mol. The summed E-state index contributed by atoms with van der Waals surface area (Å²) in [6, 6.07) is -1.14. The molecule has 122 valence electrons. The van der Waals surface area contributed by atoms with E-state index in [4.69, 9.17) is 0 Å². The first-order chi connectivity index (χ1) is 9.76. The molecule has 0 aliphatic carbocycles. The van der Waals surface area contributed by atoms with E-state index in [-0.39, 0.29) is 31.4 Å². The molecule has 0 bridgehead atoms. The molecule has 0 radical (unpaired) electrons. The van der Waals surface area contributed by atoms with Crippen LogP contribution in [0.2, 0.25) is 0 Å². The smallest absolute Gasteiger partial charge is 0.372 e. The summed E-state index contributed by atoms with van der Waals surface area (Å²) < 4.78 is 40.3. The molecule has 8 heteroatoms. The molecule has 1 rings (SSSR count). The molecule has 1 fully saturated rings. The molecular weight excluding hydrogens is 289 g/mol. The van der Waals surface area contributed by atoms with E-state index in [0.717, 1.165) is 6.42 Å². The molecule has 2 amide bonds. The Morgan fingerprint density at radius 3 is 2.57 bits per heavy atom. The fraction of sp³-hybridized carbons (Fsp3) is 0.846. The Hall–Kier alpha value is -1.31. The van der Waals surface area contributed by atoms with Crippen LogP contribution in [0, 0.1) is 0 Å². The van der Waals surface area contributed by atoms with Crippen molar-refractivity contribution in [2.24, 2.45) is 0 Å². The molecule has 1 N–H and O–H groups in total. The van der Waals surface area contributed by atoms with Crippen molar-refractivity contribution in [2.45, 2.75) is 51.4 Å². The highest BCUT2D eigenvalue weighted by Gasteiger charge is 2.37. The third kappa shape index (κ3) is 5.53. The average molecular weight is 310 g/mol. The van der Waals surface area contributed by atoms with Crippen LogP contribution >= 0.6 is 0 Å². The maximum atomic E-state index is 12.1. The van der Waals surface area contributed by atoms with Gasteiger partial charge in [0.25, 0.3) is 0 Å². The number of nitrogens with zero attached hydrogens (tertiary/aromatic N) is 1. The predicted molar refractivity (Wildman–Crippen MR) is 69.5 cm³/mol. The topological polar surface area (TPSA) is 58.6 Å². The molecule has 0 aromatic carbocycles. The van der Waals surface area contributed by atoms with Crippen molar-refractivity contribution in [1.82, 2.24) is 10.2 Å². The lowest BCUT2D eigenvalue weighted by Gasteiger charge is -2.38. The van der Waals surface area contributed by atoms with Gasteiger partial charge in [0.2, 0.25) is 11.8 Å². The number of hydrogen-bond donors (Lipinski definition) is 1. The van der Waals surface area contributed by atoms with Gasteiger partial charge in [-0.25, -0.2) is 0 Å². The van der Waals surface area contributed by atoms with E-state index in [2.05, 4.69) is 10.1 Å². The molecule has 0 spiro atoms. The first-order valence-corrected chi connectivity index (χ1v) is 7.01.